The van der Waals surface area contributed by atoms with Crippen molar-refractivity contribution in [2.24, 2.45) is 7.05 Å². The van der Waals surface area contributed by atoms with Gasteiger partial charge in [0, 0.05) is 35.9 Å². The molecule has 0 aliphatic rings. The monoisotopic (exact) mass is 339 g/mol. The maximum Gasteiger partial charge on any atom is 0.103 e. The lowest BCUT2D eigenvalue weighted by Gasteiger charge is -2.12. The van der Waals surface area contributed by atoms with E-state index in [1.54, 1.807) is 12.3 Å². The summed E-state index contributed by atoms with van der Waals surface area (Å²) in [6.07, 6.45) is 2.43. The summed E-state index contributed by atoms with van der Waals surface area (Å²) in [7, 11) is 1.95. The second-order valence-electron chi connectivity index (χ2n) is 5.77. The lowest BCUT2D eigenvalue weighted by molar-refractivity contribution is 0.730. The van der Waals surface area contributed by atoms with Gasteiger partial charge in [0.15, 0.2) is 0 Å². The average molecular weight is 340 g/mol. The molecule has 0 bridgehead atoms. The van der Waals surface area contributed by atoms with E-state index in [0.29, 0.717) is 17.1 Å². The Hall–Kier alpha value is -2.58. The Morgan fingerprint density at radius 1 is 1.33 bits per heavy atom. The lowest BCUT2D eigenvalue weighted by atomic mass is 10.1. The molecule has 1 N–H and O–H groups in total. The van der Waals surface area contributed by atoms with Crippen molar-refractivity contribution in [3.8, 4) is 6.07 Å². The van der Waals surface area contributed by atoms with Crippen LogP contribution in [-0.2, 0) is 13.5 Å². The SMILES string of the molecule is Cc1nn(C)c(C)c1CCNc1c(C#N)cnc2ccc(Cl)cc12. The highest BCUT2D eigenvalue weighted by Gasteiger charge is 2.12. The maximum atomic E-state index is 9.38. The molecule has 5 nitrogen and oxygen atoms in total. The van der Waals surface area contributed by atoms with Gasteiger partial charge in [-0.15, -0.1) is 0 Å². The van der Waals surface area contributed by atoms with E-state index in [-0.39, 0.29) is 0 Å². The van der Waals surface area contributed by atoms with Gasteiger partial charge in [-0.1, -0.05) is 11.6 Å². The van der Waals surface area contributed by atoms with Crippen LogP contribution >= 0.6 is 11.6 Å². The third kappa shape index (κ3) is 2.93. The molecule has 2 heterocycles. The van der Waals surface area contributed by atoms with Gasteiger partial charge in [0.05, 0.1) is 22.5 Å². The highest BCUT2D eigenvalue weighted by atomic mass is 35.5. The highest BCUT2D eigenvalue weighted by Crippen LogP contribution is 2.28. The minimum absolute atomic E-state index is 0.518. The summed E-state index contributed by atoms with van der Waals surface area (Å²) >= 11 is 6.11. The van der Waals surface area contributed by atoms with Crippen molar-refractivity contribution in [1.82, 2.24) is 14.8 Å². The summed E-state index contributed by atoms with van der Waals surface area (Å²) < 4.78 is 1.90. The average Bonchev–Trinajstić information content (AvgIpc) is 2.81. The number of nitriles is 1. The van der Waals surface area contributed by atoms with Gasteiger partial charge in [-0.05, 0) is 44.0 Å². The standard InChI is InChI=1S/C18H18ClN5/c1-11-15(12(2)24(3)23-11)6-7-21-18-13(9-20)10-22-17-5-4-14(19)8-16(17)18/h4-5,8,10H,6-7H2,1-3H3,(H,21,22). The molecule has 2 aromatic heterocycles. The van der Waals surface area contributed by atoms with Crippen LogP contribution in [0.2, 0.25) is 5.02 Å². The van der Waals surface area contributed by atoms with Crippen molar-refractivity contribution < 1.29 is 0 Å². The minimum atomic E-state index is 0.518. The zero-order chi connectivity index (χ0) is 17.3. The van der Waals surface area contributed by atoms with Crippen LogP contribution in [-0.4, -0.2) is 21.3 Å². The largest absolute Gasteiger partial charge is 0.383 e. The zero-order valence-electron chi connectivity index (χ0n) is 13.9. The molecule has 3 rings (SSSR count). The first-order valence-corrected chi connectivity index (χ1v) is 8.10. The van der Waals surface area contributed by atoms with Gasteiger partial charge in [0.2, 0.25) is 0 Å². The van der Waals surface area contributed by atoms with Gasteiger partial charge in [-0.2, -0.15) is 10.4 Å². The molecule has 0 spiro atoms. The molecule has 0 saturated carbocycles. The van der Waals surface area contributed by atoms with Crippen LogP contribution in [0.5, 0.6) is 0 Å². The number of hydrogen-bond donors (Lipinski definition) is 1. The number of pyridine rings is 1. The van der Waals surface area contributed by atoms with E-state index in [1.807, 2.05) is 30.8 Å². The van der Waals surface area contributed by atoms with Crippen molar-refractivity contribution in [3.63, 3.8) is 0 Å². The molecular weight excluding hydrogens is 322 g/mol. The first kappa shape index (κ1) is 16.3. The number of hydrogen-bond acceptors (Lipinski definition) is 4. The number of rotatable bonds is 4. The van der Waals surface area contributed by atoms with E-state index >= 15 is 0 Å². The van der Waals surface area contributed by atoms with E-state index in [9.17, 15) is 5.26 Å². The van der Waals surface area contributed by atoms with Crippen molar-refractivity contribution in [3.05, 3.63) is 51.9 Å². The van der Waals surface area contributed by atoms with Crippen molar-refractivity contribution >= 4 is 28.2 Å². The van der Waals surface area contributed by atoms with Gasteiger partial charge < -0.3 is 5.32 Å². The van der Waals surface area contributed by atoms with E-state index < -0.39 is 0 Å². The fourth-order valence-electron chi connectivity index (χ4n) is 2.93. The number of aromatic nitrogens is 3. The summed E-state index contributed by atoms with van der Waals surface area (Å²) in [6.45, 7) is 4.79. The van der Waals surface area contributed by atoms with Crippen molar-refractivity contribution in [2.45, 2.75) is 20.3 Å². The molecule has 0 atom stereocenters. The van der Waals surface area contributed by atoms with E-state index in [1.165, 1.54) is 5.56 Å². The van der Waals surface area contributed by atoms with Crippen LogP contribution in [0, 0.1) is 25.2 Å². The third-order valence-corrected chi connectivity index (χ3v) is 4.52. The summed E-state index contributed by atoms with van der Waals surface area (Å²) in [4.78, 5) is 4.32. The topological polar surface area (TPSA) is 66.5 Å². The predicted molar refractivity (Wildman–Crippen MR) is 96.3 cm³/mol. The number of aryl methyl sites for hydroxylation is 2. The molecular formula is C18H18ClN5. The van der Waals surface area contributed by atoms with Crippen molar-refractivity contribution in [1.29, 1.82) is 5.26 Å². The predicted octanol–water partition coefficient (Wildman–Crippen LogP) is 3.76. The van der Waals surface area contributed by atoms with Crippen LogP contribution in [0.3, 0.4) is 0 Å². The highest BCUT2D eigenvalue weighted by molar-refractivity contribution is 6.31. The lowest BCUT2D eigenvalue weighted by Crippen LogP contribution is -2.08. The Bertz CT molecular complexity index is 952. The van der Waals surface area contributed by atoms with E-state index in [2.05, 4.69) is 28.4 Å². The smallest absolute Gasteiger partial charge is 0.103 e. The third-order valence-electron chi connectivity index (χ3n) is 4.29. The first-order chi connectivity index (χ1) is 11.5. The second kappa shape index (κ2) is 6.50. The number of fused-ring (bicyclic) bond motifs is 1. The normalized spacial score (nSPS) is 10.8. The molecule has 6 heteroatoms. The molecule has 3 aromatic rings. The summed E-state index contributed by atoms with van der Waals surface area (Å²) in [5.74, 6) is 0. The summed E-state index contributed by atoms with van der Waals surface area (Å²) in [5, 5.41) is 18.7. The molecule has 1 aromatic carbocycles. The zero-order valence-corrected chi connectivity index (χ0v) is 14.6. The van der Waals surface area contributed by atoms with Crippen LogP contribution in [0.4, 0.5) is 5.69 Å². The Morgan fingerprint density at radius 3 is 2.79 bits per heavy atom. The van der Waals surface area contributed by atoms with Crippen LogP contribution in [0.25, 0.3) is 10.9 Å². The number of benzene rings is 1. The summed E-state index contributed by atoms with van der Waals surface area (Å²) in [5.41, 5.74) is 5.56. The first-order valence-electron chi connectivity index (χ1n) is 7.72. The fourth-order valence-corrected chi connectivity index (χ4v) is 3.10. The molecule has 0 radical (unpaired) electrons. The Balaban J connectivity index is 1.89. The fraction of sp³-hybridized carbons (Fsp3) is 0.278. The molecule has 24 heavy (non-hydrogen) atoms. The number of halogens is 1. The molecule has 0 fully saturated rings. The molecule has 0 aliphatic heterocycles. The Morgan fingerprint density at radius 2 is 2.12 bits per heavy atom. The number of nitrogens with one attached hydrogen (secondary N) is 1. The molecule has 0 unspecified atom stereocenters. The quantitative estimate of drug-likeness (QED) is 0.785. The Kier molecular flexibility index (Phi) is 4.41. The van der Waals surface area contributed by atoms with Crippen LogP contribution in [0.15, 0.2) is 24.4 Å². The van der Waals surface area contributed by atoms with Crippen LogP contribution in [0.1, 0.15) is 22.5 Å². The van der Waals surface area contributed by atoms with Gasteiger partial charge in [-0.25, -0.2) is 0 Å². The molecule has 0 saturated heterocycles. The Labute approximate surface area is 145 Å². The minimum Gasteiger partial charge on any atom is -0.383 e. The molecule has 122 valence electrons. The van der Waals surface area contributed by atoms with Crippen molar-refractivity contribution in [2.75, 3.05) is 11.9 Å². The molecule has 0 amide bonds. The van der Waals surface area contributed by atoms with Gasteiger partial charge in [-0.3, -0.25) is 9.67 Å². The van der Waals surface area contributed by atoms with Gasteiger partial charge in [0.25, 0.3) is 0 Å². The second-order valence-corrected chi connectivity index (χ2v) is 6.21. The van der Waals surface area contributed by atoms with E-state index in [4.69, 9.17) is 11.6 Å². The van der Waals surface area contributed by atoms with Gasteiger partial charge in [0.1, 0.15) is 6.07 Å². The molecule has 0 aliphatic carbocycles. The summed E-state index contributed by atoms with van der Waals surface area (Å²) in [6, 6.07) is 7.70. The van der Waals surface area contributed by atoms with Gasteiger partial charge >= 0.3 is 0 Å². The van der Waals surface area contributed by atoms with Crippen LogP contribution < -0.4 is 5.32 Å². The number of anilines is 1. The maximum absolute atomic E-state index is 9.38. The number of nitrogens with zero attached hydrogens (tertiary/aromatic N) is 4. The van der Waals surface area contributed by atoms with E-state index in [0.717, 1.165) is 34.4 Å².